The van der Waals surface area contributed by atoms with E-state index in [1.54, 1.807) is 13.3 Å². The summed E-state index contributed by atoms with van der Waals surface area (Å²) in [5, 5.41) is 5.51. The van der Waals surface area contributed by atoms with Gasteiger partial charge >= 0.3 is 0 Å². The summed E-state index contributed by atoms with van der Waals surface area (Å²) in [6.45, 7) is 2.65. The van der Waals surface area contributed by atoms with Gasteiger partial charge in [0.05, 0.1) is 33.0 Å². The number of ether oxygens (including phenoxy) is 3. The zero-order valence-corrected chi connectivity index (χ0v) is 11.5. The standard InChI is InChI=1S/C15H18N2O3/c1-18-12-3-2-11-4-5-16-15(14(11)8-12)17-9-13-10-19-6-7-20-13/h2-5,8,13H,6-7,9-10H2,1H3,(H,16,17). The minimum Gasteiger partial charge on any atom is -0.497 e. The van der Waals surface area contributed by atoms with Crippen molar-refractivity contribution in [2.75, 3.05) is 38.8 Å². The van der Waals surface area contributed by atoms with Gasteiger partial charge in [-0.25, -0.2) is 4.98 Å². The van der Waals surface area contributed by atoms with Crippen LogP contribution in [0.25, 0.3) is 10.8 Å². The molecule has 0 bridgehead atoms. The van der Waals surface area contributed by atoms with Crippen molar-refractivity contribution in [3.8, 4) is 5.75 Å². The maximum absolute atomic E-state index is 5.62. The Morgan fingerprint density at radius 3 is 3.10 bits per heavy atom. The van der Waals surface area contributed by atoms with Gasteiger partial charge in [0.15, 0.2) is 0 Å². The highest BCUT2D eigenvalue weighted by Crippen LogP contribution is 2.25. The van der Waals surface area contributed by atoms with Gasteiger partial charge < -0.3 is 19.5 Å². The Bertz CT molecular complexity index is 582. The quantitative estimate of drug-likeness (QED) is 0.925. The van der Waals surface area contributed by atoms with E-state index in [4.69, 9.17) is 14.2 Å². The highest BCUT2D eigenvalue weighted by Gasteiger charge is 2.14. The first kappa shape index (κ1) is 13.1. The molecule has 5 nitrogen and oxygen atoms in total. The van der Waals surface area contributed by atoms with Crippen molar-refractivity contribution in [3.63, 3.8) is 0 Å². The molecule has 0 spiro atoms. The first-order chi connectivity index (χ1) is 9.86. The van der Waals surface area contributed by atoms with Crippen LogP contribution >= 0.6 is 0 Å². The molecule has 5 heteroatoms. The van der Waals surface area contributed by atoms with Crippen LogP contribution < -0.4 is 10.1 Å². The van der Waals surface area contributed by atoms with Crippen molar-refractivity contribution >= 4 is 16.6 Å². The zero-order valence-electron chi connectivity index (χ0n) is 11.5. The third kappa shape index (κ3) is 2.84. The molecule has 1 aliphatic rings. The molecule has 2 heterocycles. The molecule has 1 aliphatic heterocycles. The number of fused-ring (bicyclic) bond motifs is 1. The summed E-state index contributed by atoms with van der Waals surface area (Å²) in [5.74, 6) is 1.67. The van der Waals surface area contributed by atoms with Crippen LogP contribution in [0.15, 0.2) is 30.5 Å². The van der Waals surface area contributed by atoms with Gasteiger partial charge in [-0.3, -0.25) is 0 Å². The lowest BCUT2D eigenvalue weighted by molar-refractivity contribution is -0.0819. The van der Waals surface area contributed by atoms with Gasteiger partial charge in [0.25, 0.3) is 0 Å². The van der Waals surface area contributed by atoms with E-state index < -0.39 is 0 Å². The summed E-state index contributed by atoms with van der Waals surface area (Å²) in [5.41, 5.74) is 0. The molecule has 0 saturated carbocycles. The molecule has 1 fully saturated rings. The summed E-state index contributed by atoms with van der Waals surface area (Å²) >= 11 is 0. The molecule has 1 unspecified atom stereocenters. The van der Waals surface area contributed by atoms with Gasteiger partial charge in [-0.15, -0.1) is 0 Å². The van der Waals surface area contributed by atoms with Crippen molar-refractivity contribution in [2.24, 2.45) is 0 Å². The third-order valence-corrected chi connectivity index (χ3v) is 3.36. The van der Waals surface area contributed by atoms with Gasteiger partial charge in [0, 0.05) is 18.1 Å². The Morgan fingerprint density at radius 1 is 1.35 bits per heavy atom. The number of hydrogen-bond acceptors (Lipinski definition) is 5. The summed E-state index contributed by atoms with van der Waals surface area (Å²) in [6, 6.07) is 7.95. The predicted molar refractivity (Wildman–Crippen MR) is 77.3 cm³/mol. The van der Waals surface area contributed by atoms with E-state index in [1.807, 2.05) is 24.3 Å². The Balaban J connectivity index is 1.79. The average molecular weight is 274 g/mol. The molecule has 0 radical (unpaired) electrons. The molecule has 1 aromatic carbocycles. The summed E-state index contributed by atoms with van der Waals surface area (Å²) in [7, 11) is 1.66. The van der Waals surface area contributed by atoms with Crippen molar-refractivity contribution in [1.29, 1.82) is 0 Å². The molecule has 2 aromatic rings. The Hall–Kier alpha value is -1.85. The van der Waals surface area contributed by atoms with E-state index in [0.29, 0.717) is 26.4 Å². The number of rotatable bonds is 4. The normalized spacial score (nSPS) is 18.9. The van der Waals surface area contributed by atoms with Crippen molar-refractivity contribution in [3.05, 3.63) is 30.5 Å². The van der Waals surface area contributed by atoms with E-state index in [0.717, 1.165) is 22.3 Å². The van der Waals surface area contributed by atoms with Crippen LogP contribution in [-0.2, 0) is 9.47 Å². The fourth-order valence-corrected chi connectivity index (χ4v) is 2.28. The van der Waals surface area contributed by atoms with E-state index >= 15 is 0 Å². The molecule has 106 valence electrons. The molecule has 3 rings (SSSR count). The van der Waals surface area contributed by atoms with Crippen LogP contribution in [-0.4, -0.2) is 44.6 Å². The number of nitrogens with one attached hydrogen (secondary N) is 1. The Morgan fingerprint density at radius 2 is 2.30 bits per heavy atom. The molecule has 1 saturated heterocycles. The highest BCUT2D eigenvalue weighted by atomic mass is 16.6. The second-order valence-electron chi connectivity index (χ2n) is 4.70. The maximum atomic E-state index is 5.62. The highest BCUT2D eigenvalue weighted by molar-refractivity contribution is 5.92. The largest absolute Gasteiger partial charge is 0.497 e. The lowest BCUT2D eigenvalue weighted by Gasteiger charge is -2.23. The minimum absolute atomic E-state index is 0.0754. The number of benzene rings is 1. The van der Waals surface area contributed by atoms with Crippen LogP contribution in [0.2, 0.25) is 0 Å². The molecule has 20 heavy (non-hydrogen) atoms. The predicted octanol–water partition coefficient (Wildman–Crippen LogP) is 2.07. The Labute approximate surface area is 117 Å². The Kier molecular flexibility index (Phi) is 3.99. The van der Waals surface area contributed by atoms with Gasteiger partial charge in [0.2, 0.25) is 0 Å². The topological polar surface area (TPSA) is 52.6 Å². The number of nitrogens with zero attached hydrogens (tertiary/aromatic N) is 1. The van der Waals surface area contributed by atoms with Gasteiger partial charge in [-0.2, -0.15) is 0 Å². The third-order valence-electron chi connectivity index (χ3n) is 3.36. The van der Waals surface area contributed by atoms with Crippen LogP contribution in [0.5, 0.6) is 5.75 Å². The second kappa shape index (κ2) is 6.07. The lowest BCUT2D eigenvalue weighted by atomic mass is 10.1. The van der Waals surface area contributed by atoms with Crippen LogP contribution in [0.4, 0.5) is 5.82 Å². The van der Waals surface area contributed by atoms with Crippen LogP contribution in [0.1, 0.15) is 0 Å². The van der Waals surface area contributed by atoms with E-state index in [9.17, 15) is 0 Å². The number of anilines is 1. The summed E-state index contributed by atoms with van der Waals surface area (Å²) < 4.78 is 16.3. The minimum atomic E-state index is 0.0754. The fraction of sp³-hybridized carbons (Fsp3) is 0.400. The molecule has 0 amide bonds. The van der Waals surface area contributed by atoms with E-state index in [-0.39, 0.29) is 6.10 Å². The first-order valence-electron chi connectivity index (χ1n) is 6.73. The molecule has 1 atom stereocenters. The van der Waals surface area contributed by atoms with Gasteiger partial charge in [-0.05, 0) is 23.6 Å². The number of methoxy groups -OCH3 is 1. The lowest BCUT2D eigenvalue weighted by Crippen LogP contribution is -2.34. The first-order valence-corrected chi connectivity index (χ1v) is 6.73. The van der Waals surface area contributed by atoms with Crippen LogP contribution in [0.3, 0.4) is 0 Å². The second-order valence-corrected chi connectivity index (χ2v) is 4.70. The maximum Gasteiger partial charge on any atom is 0.134 e. The number of pyridine rings is 1. The monoisotopic (exact) mass is 274 g/mol. The molecule has 1 N–H and O–H groups in total. The molecular formula is C15H18N2O3. The molecule has 0 aliphatic carbocycles. The van der Waals surface area contributed by atoms with Crippen LogP contribution in [0, 0.1) is 0 Å². The zero-order chi connectivity index (χ0) is 13.8. The molecular weight excluding hydrogens is 256 g/mol. The van der Waals surface area contributed by atoms with Crippen molar-refractivity contribution in [2.45, 2.75) is 6.10 Å². The SMILES string of the molecule is COc1ccc2ccnc(NCC3COCCO3)c2c1. The average Bonchev–Trinajstić information content (AvgIpc) is 2.53. The fourth-order valence-electron chi connectivity index (χ4n) is 2.28. The number of hydrogen-bond donors (Lipinski definition) is 1. The summed E-state index contributed by atoms with van der Waals surface area (Å²) in [6.07, 6.45) is 1.88. The van der Waals surface area contributed by atoms with Gasteiger partial charge in [-0.1, -0.05) is 6.07 Å². The van der Waals surface area contributed by atoms with Gasteiger partial charge in [0.1, 0.15) is 11.6 Å². The van der Waals surface area contributed by atoms with Crippen molar-refractivity contribution in [1.82, 2.24) is 4.98 Å². The smallest absolute Gasteiger partial charge is 0.134 e. The number of aromatic nitrogens is 1. The van der Waals surface area contributed by atoms with E-state index in [1.165, 1.54) is 0 Å². The molecule has 1 aromatic heterocycles. The van der Waals surface area contributed by atoms with E-state index in [2.05, 4.69) is 10.3 Å². The summed E-state index contributed by atoms with van der Waals surface area (Å²) in [4.78, 5) is 4.40. The van der Waals surface area contributed by atoms with Crippen molar-refractivity contribution < 1.29 is 14.2 Å².